The van der Waals surface area contributed by atoms with E-state index >= 15 is 0 Å². The quantitative estimate of drug-likeness (QED) is 0.375. The normalized spacial score (nSPS) is 16.7. The summed E-state index contributed by atoms with van der Waals surface area (Å²) in [6.45, 7) is 2.74. The number of ether oxygens (including phenoxy) is 1. The van der Waals surface area contributed by atoms with Crippen LogP contribution in [0.2, 0.25) is 0 Å². The number of rotatable bonds is 7. The smallest absolute Gasteiger partial charge is 0.243 e. The molecule has 0 saturated carbocycles. The number of nitrogens with one attached hydrogen (secondary N) is 3. The van der Waals surface area contributed by atoms with Gasteiger partial charge in [-0.25, -0.2) is 9.19 Å². The summed E-state index contributed by atoms with van der Waals surface area (Å²) in [6, 6.07) is 11.6. The first-order valence-corrected chi connectivity index (χ1v) is 12.6. The lowest BCUT2D eigenvalue weighted by atomic mass is 10.0. The van der Waals surface area contributed by atoms with Crippen molar-refractivity contribution in [2.24, 2.45) is 0 Å². The Bertz CT molecular complexity index is 1160. The molecule has 1 aliphatic rings. The minimum Gasteiger partial charge on any atom is -0.508 e. The van der Waals surface area contributed by atoms with E-state index in [0.29, 0.717) is 21.5 Å². The van der Waals surface area contributed by atoms with E-state index in [0.717, 1.165) is 41.9 Å². The number of thiazole rings is 1. The molecule has 10 heteroatoms. The van der Waals surface area contributed by atoms with Crippen LogP contribution in [0.1, 0.15) is 25.0 Å². The Morgan fingerprint density at radius 1 is 1.24 bits per heavy atom. The van der Waals surface area contributed by atoms with E-state index in [1.165, 1.54) is 30.6 Å². The zero-order valence-electron chi connectivity index (χ0n) is 18.4. The number of aryl methyl sites for hydroxylation is 1. The Kier molecular flexibility index (Phi) is 7.26. The molecule has 1 saturated heterocycles. The number of piperidine rings is 1. The van der Waals surface area contributed by atoms with Gasteiger partial charge in [0.1, 0.15) is 16.4 Å². The van der Waals surface area contributed by atoms with Gasteiger partial charge in [0.2, 0.25) is 5.91 Å². The molecule has 8 nitrogen and oxygen atoms in total. The maximum atomic E-state index is 13.1. The number of benzene rings is 2. The molecule has 2 aromatic carbocycles. The van der Waals surface area contributed by atoms with E-state index in [1.54, 1.807) is 24.3 Å². The fourth-order valence-corrected chi connectivity index (χ4v) is 5.63. The summed E-state index contributed by atoms with van der Waals surface area (Å²) < 4.78 is 21.4. The van der Waals surface area contributed by atoms with Gasteiger partial charge in [-0.05, 0) is 74.3 Å². The highest BCUT2D eigenvalue weighted by atomic mass is 32.2. The fourth-order valence-electron chi connectivity index (χ4n) is 3.64. The van der Waals surface area contributed by atoms with E-state index in [1.807, 2.05) is 13.0 Å². The second-order valence-electron chi connectivity index (χ2n) is 7.71. The average molecular weight is 487 g/mol. The van der Waals surface area contributed by atoms with E-state index in [4.69, 9.17) is 4.74 Å². The number of amides is 1. The van der Waals surface area contributed by atoms with Crippen LogP contribution in [-0.4, -0.2) is 39.9 Å². The maximum absolute atomic E-state index is 13.1. The number of aromatic nitrogens is 1. The second-order valence-corrected chi connectivity index (χ2v) is 9.89. The van der Waals surface area contributed by atoms with Crippen molar-refractivity contribution in [2.45, 2.75) is 37.1 Å². The molecule has 2 unspecified atom stereocenters. The van der Waals surface area contributed by atoms with Crippen LogP contribution in [0.5, 0.6) is 11.5 Å². The van der Waals surface area contributed by atoms with Gasteiger partial charge < -0.3 is 25.2 Å². The van der Waals surface area contributed by atoms with Crippen molar-refractivity contribution in [3.8, 4) is 21.9 Å². The number of hydrogen-bond acceptors (Lipinski definition) is 7. The first kappa shape index (κ1) is 23.2. The van der Waals surface area contributed by atoms with Gasteiger partial charge in [0, 0.05) is 5.69 Å². The monoisotopic (exact) mass is 486 g/mol. The fraction of sp³-hybridized carbons (Fsp3) is 0.304. The highest BCUT2D eigenvalue weighted by Gasteiger charge is 2.22. The Labute approximate surface area is 199 Å². The van der Waals surface area contributed by atoms with E-state index in [-0.39, 0.29) is 17.7 Å². The number of methoxy groups -OCH3 is 1. The number of nitrogens with zero attached hydrogens (tertiary/aromatic N) is 1. The highest BCUT2D eigenvalue weighted by Crippen LogP contribution is 2.36. The summed E-state index contributed by atoms with van der Waals surface area (Å²) in [5.41, 5.74) is 2.21. The van der Waals surface area contributed by atoms with Crippen LogP contribution < -0.4 is 20.1 Å². The van der Waals surface area contributed by atoms with Crippen LogP contribution >= 0.6 is 11.3 Å². The minimum absolute atomic E-state index is 0.0652. The van der Waals surface area contributed by atoms with Crippen molar-refractivity contribution < 1.29 is 18.8 Å². The van der Waals surface area contributed by atoms with Crippen LogP contribution in [0, 0.1) is 6.92 Å². The van der Waals surface area contributed by atoms with Crippen molar-refractivity contribution in [3.63, 3.8) is 0 Å². The number of phenolic OH excluding ortho intramolecular Hbond substituents is 1. The summed E-state index contributed by atoms with van der Waals surface area (Å²) in [5, 5.41) is 16.2. The third-order valence-corrected chi connectivity index (χ3v) is 7.62. The molecule has 2 atom stereocenters. The van der Waals surface area contributed by atoms with Gasteiger partial charge in [0.25, 0.3) is 0 Å². The lowest BCUT2D eigenvalue weighted by molar-refractivity contribution is -0.118. The summed E-state index contributed by atoms with van der Waals surface area (Å²) in [4.78, 5) is 18.4. The number of aromatic hydroxyl groups is 1. The van der Waals surface area contributed by atoms with Gasteiger partial charge in [-0.15, -0.1) is 0 Å². The zero-order valence-corrected chi connectivity index (χ0v) is 20.0. The third kappa shape index (κ3) is 5.52. The minimum atomic E-state index is -1.60. The molecule has 4 N–H and O–H groups in total. The van der Waals surface area contributed by atoms with Crippen molar-refractivity contribution in [2.75, 3.05) is 23.7 Å². The van der Waals surface area contributed by atoms with Crippen LogP contribution in [0.15, 0.2) is 47.4 Å². The molecule has 174 valence electrons. The summed E-state index contributed by atoms with van der Waals surface area (Å²) in [5.74, 6) is 0.556. The zero-order chi connectivity index (χ0) is 23.4. The number of hydrogen-bond donors (Lipinski definition) is 4. The highest BCUT2D eigenvalue weighted by molar-refractivity contribution is 7.86. The third-order valence-electron chi connectivity index (χ3n) is 5.36. The summed E-state index contributed by atoms with van der Waals surface area (Å²) >= 11 is 1.39. The van der Waals surface area contributed by atoms with Gasteiger partial charge in [0.05, 0.1) is 23.7 Å². The molecule has 2 heterocycles. The molecule has 0 bridgehead atoms. The first-order valence-electron chi connectivity index (χ1n) is 10.6. The van der Waals surface area contributed by atoms with Crippen LogP contribution in [0.25, 0.3) is 10.4 Å². The number of carbonyl (C=O) groups excluding carboxylic acids is 1. The predicted molar refractivity (Wildman–Crippen MR) is 131 cm³/mol. The Morgan fingerprint density at radius 3 is 2.73 bits per heavy atom. The SMILES string of the molecule is COc1ccc(-c2sc(NC(=O)C3CCCCN3)nc2C)cc1S(=O)Nc1ccc(O)cc1. The molecular weight excluding hydrogens is 460 g/mol. The average Bonchev–Trinajstić information content (AvgIpc) is 3.20. The second kappa shape index (κ2) is 10.3. The van der Waals surface area contributed by atoms with Crippen LogP contribution in [0.4, 0.5) is 10.8 Å². The van der Waals surface area contributed by atoms with Gasteiger partial charge in [-0.2, -0.15) is 0 Å². The van der Waals surface area contributed by atoms with Gasteiger partial charge in [-0.1, -0.05) is 17.8 Å². The summed E-state index contributed by atoms with van der Waals surface area (Å²) in [6.07, 6.45) is 2.95. The lowest BCUT2D eigenvalue weighted by Crippen LogP contribution is -2.43. The molecule has 1 aliphatic heterocycles. The number of anilines is 2. The number of phenols is 1. The molecule has 1 amide bonds. The lowest BCUT2D eigenvalue weighted by Gasteiger charge is -2.21. The Balaban J connectivity index is 1.56. The largest absolute Gasteiger partial charge is 0.508 e. The van der Waals surface area contributed by atoms with Crippen molar-refractivity contribution in [1.82, 2.24) is 10.3 Å². The maximum Gasteiger partial charge on any atom is 0.243 e. The topological polar surface area (TPSA) is 113 Å². The van der Waals surface area contributed by atoms with E-state index in [2.05, 4.69) is 20.3 Å². The first-order chi connectivity index (χ1) is 15.9. The van der Waals surface area contributed by atoms with Crippen molar-refractivity contribution >= 4 is 39.0 Å². The van der Waals surface area contributed by atoms with Gasteiger partial charge in [0.15, 0.2) is 16.1 Å². The Hall–Kier alpha value is -2.95. The van der Waals surface area contributed by atoms with Gasteiger partial charge in [-0.3, -0.25) is 4.79 Å². The Morgan fingerprint density at radius 2 is 2.03 bits per heavy atom. The van der Waals surface area contributed by atoms with Crippen LogP contribution in [0.3, 0.4) is 0 Å². The van der Waals surface area contributed by atoms with Gasteiger partial charge >= 0.3 is 0 Å². The predicted octanol–water partition coefficient (Wildman–Crippen LogP) is 4.05. The summed E-state index contributed by atoms with van der Waals surface area (Å²) in [7, 11) is -0.0703. The standard InChI is InChI=1S/C23H26N4O4S2/c1-14-21(32-23(25-14)26-22(29)18-5-3-4-12-24-18)15-6-11-19(31-2)20(13-15)33(30)27-16-7-9-17(28)10-8-16/h6-11,13,18,24,27-28H,3-5,12H2,1-2H3,(H,25,26,29). The molecular formula is C23H26N4O4S2. The molecule has 33 heavy (non-hydrogen) atoms. The van der Waals surface area contributed by atoms with Crippen molar-refractivity contribution in [3.05, 3.63) is 48.2 Å². The van der Waals surface area contributed by atoms with Crippen molar-refractivity contribution in [1.29, 1.82) is 0 Å². The molecule has 0 spiro atoms. The van der Waals surface area contributed by atoms with E-state index in [9.17, 15) is 14.1 Å². The number of carbonyl (C=O) groups is 1. The molecule has 0 aliphatic carbocycles. The molecule has 0 radical (unpaired) electrons. The molecule has 1 aromatic heterocycles. The molecule has 1 fully saturated rings. The molecule has 3 aromatic rings. The molecule has 4 rings (SSSR count). The van der Waals surface area contributed by atoms with Crippen LogP contribution in [-0.2, 0) is 15.8 Å². The van der Waals surface area contributed by atoms with E-state index < -0.39 is 11.0 Å².